The van der Waals surface area contributed by atoms with Crippen molar-refractivity contribution in [3.63, 3.8) is 0 Å². The Bertz CT molecular complexity index is 557. The van der Waals surface area contributed by atoms with Gasteiger partial charge in [-0.2, -0.15) is 0 Å². The number of aryl methyl sites for hydroxylation is 1. The van der Waals surface area contributed by atoms with Crippen molar-refractivity contribution in [1.82, 2.24) is 5.32 Å². The first-order valence-corrected chi connectivity index (χ1v) is 7.23. The zero-order valence-corrected chi connectivity index (χ0v) is 12.5. The summed E-state index contributed by atoms with van der Waals surface area (Å²) in [6.07, 6.45) is 2.11. The summed E-state index contributed by atoms with van der Waals surface area (Å²) in [7, 11) is 1.62. The summed E-state index contributed by atoms with van der Waals surface area (Å²) in [5, 5.41) is 5.47. The lowest BCUT2D eigenvalue weighted by Crippen LogP contribution is -2.36. The fraction of sp³-hybridized carbons (Fsp3) is 0.467. The van der Waals surface area contributed by atoms with E-state index in [4.69, 9.17) is 5.73 Å². The molecule has 2 rings (SSSR count). The Labute approximate surface area is 124 Å². The molecular weight excluding hydrogens is 268 g/mol. The molecule has 0 bridgehead atoms. The van der Waals surface area contributed by atoms with Crippen molar-refractivity contribution in [3.05, 3.63) is 17.7 Å². The second-order valence-corrected chi connectivity index (χ2v) is 5.21. The molecule has 4 N–H and O–H groups in total. The van der Waals surface area contributed by atoms with E-state index in [1.807, 2.05) is 11.0 Å². The van der Waals surface area contributed by atoms with Crippen LogP contribution in [0.3, 0.4) is 0 Å². The Kier molecular flexibility index (Phi) is 4.67. The van der Waals surface area contributed by atoms with E-state index < -0.39 is 0 Å². The van der Waals surface area contributed by atoms with E-state index in [0.29, 0.717) is 18.5 Å². The number of hydrogen-bond donors (Lipinski definition) is 3. The van der Waals surface area contributed by atoms with Crippen molar-refractivity contribution < 1.29 is 9.59 Å². The number of hydrogen-bond acceptors (Lipinski definition) is 4. The van der Waals surface area contributed by atoms with Crippen molar-refractivity contribution in [1.29, 1.82) is 0 Å². The van der Waals surface area contributed by atoms with E-state index in [1.54, 1.807) is 13.1 Å². The summed E-state index contributed by atoms with van der Waals surface area (Å²) in [5.74, 6) is -0.0284. The molecule has 0 unspecified atom stereocenters. The predicted octanol–water partition coefficient (Wildman–Crippen LogP) is 1.12. The van der Waals surface area contributed by atoms with E-state index in [2.05, 4.69) is 17.6 Å². The molecule has 0 fully saturated rings. The Morgan fingerprint density at radius 2 is 2.19 bits per heavy atom. The quantitative estimate of drug-likeness (QED) is 0.709. The second kappa shape index (κ2) is 6.47. The zero-order chi connectivity index (χ0) is 15.4. The van der Waals surface area contributed by atoms with Gasteiger partial charge in [-0.05, 0) is 30.5 Å². The lowest BCUT2D eigenvalue weighted by molar-refractivity contribution is -0.119. The minimum atomic E-state index is -0.0473. The average Bonchev–Trinajstić information content (AvgIpc) is 2.45. The van der Waals surface area contributed by atoms with Crippen LogP contribution in [0, 0.1) is 0 Å². The number of nitrogens with zero attached hydrogens (tertiary/aromatic N) is 1. The molecule has 0 aliphatic carbocycles. The number of carbonyl (C=O) groups is 2. The SMILES string of the molecule is CCCN(CC(=O)NC)c1cc2c(cc1N)NC(=O)CC2. The maximum absolute atomic E-state index is 11.7. The first kappa shape index (κ1) is 15.2. The van der Waals surface area contributed by atoms with Gasteiger partial charge in [0.25, 0.3) is 0 Å². The van der Waals surface area contributed by atoms with Crippen LogP contribution in [0.15, 0.2) is 12.1 Å². The highest BCUT2D eigenvalue weighted by atomic mass is 16.2. The lowest BCUT2D eigenvalue weighted by atomic mass is 10.0. The number of nitrogen functional groups attached to an aromatic ring is 1. The van der Waals surface area contributed by atoms with Crippen molar-refractivity contribution >= 4 is 28.9 Å². The van der Waals surface area contributed by atoms with Crippen molar-refractivity contribution in [2.75, 3.05) is 36.1 Å². The summed E-state index contributed by atoms with van der Waals surface area (Å²) in [6.45, 7) is 3.09. The molecule has 0 aromatic heterocycles. The minimum absolute atomic E-state index is 0.0189. The van der Waals surface area contributed by atoms with Gasteiger partial charge in [-0.25, -0.2) is 0 Å². The topological polar surface area (TPSA) is 87.5 Å². The fourth-order valence-electron chi connectivity index (χ4n) is 2.51. The van der Waals surface area contributed by atoms with Gasteiger partial charge < -0.3 is 21.3 Å². The molecule has 0 radical (unpaired) electrons. The number of nitrogens with two attached hydrogens (primary N) is 1. The minimum Gasteiger partial charge on any atom is -0.397 e. The standard InChI is InChI=1S/C15H22N4O2/c1-3-6-19(9-15(21)17-2)13-7-10-4-5-14(20)18-12(10)8-11(13)16/h7-8H,3-6,9,16H2,1-2H3,(H,17,21)(H,18,20). The molecule has 2 amide bonds. The summed E-state index contributed by atoms with van der Waals surface area (Å²) < 4.78 is 0. The van der Waals surface area contributed by atoms with Gasteiger partial charge in [-0.1, -0.05) is 6.92 Å². The van der Waals surface area contributed by atoms with Gasteiger partial charge in [0, 0.05) is 25.7 Å². The largest absolute Gasteiger partial charge is 0.397 e. The first-order valence-electron chi connectivity index (χ1n) is 7.23. The van der Waals surface area contributed by atoms with Crippen LogP contribution in [-0.4, -0.2) is 32.0 Å². The van der Waals surface area contributed by atoms with Crippen LogP contribution >= 0.6 is 0 Å². The lowest BCUT2D eigenvalue weighted by Gasteiger charge is -2.27. The fourth-order valence-corrected chi connectivity index (χ4v) is 2.51. The molecule has 21 heavy (non-hydrogen) atoms. The highest BCUT2D eigenvalue weighted by Crippen LogP contribution is 2.33. The molecule has 1 aromatic carbocycles. The van der Waals surface area contributed by atoms with Gasteiger partial charge in [0.1, 0.15) is 0 Å². The molecule has 0 saturated carbocycles. The third kappa shape index (κ3) is 3.45. The van der Waals surface area contributed by atoms with E-state index >= 15 is 0 Å². The number of carbonyl (C=O) groups excluding carboxylic acids is 2. The normalized spacial score (nSPS) is 13.3. The molecule has 0 saturated heterocycles. The average molecular weight is 290 g/mol. The maximum Gasteiger partial charge on any atom is 0.239 e. The number of likely N-dealkylation sites (N-methyl/N-ethyl adjacent to an activating group) is 1. The molecule has 1 heterocycles. The van der Waals surface area contributed by atoms with Crippen LogP contribution in [0.1, 0.15) is 25.3 Å². The van der Waals surface area contributed by atoms with E-state index in [-0.39, 0.29) is 18.4 Å². The van der Waals surface area contributed by atoms with Gasteiger partial charge in [-0.3, -0.25) is 9.59 Å². The summed E-state index contributed by atoms with van der Waals surface area (Å²) in [5.41, 5.74) is 9.40. The molecule has 1 aliphatic heterocycles. The third-order valence-electron chi connectivity index (χ3n) is 3.60. The van der Waals surface area contributed by atoms with Crippen molar-refractivity contribution in [2.24, 2.45) is 0 Å². The monoisotopic (exact) mass is 290 g/mol. The zero-order valence-electron chi connectivity index (χ0n) is 12.5. The van der Waals surface area contributed by atoms with Crippen LogP contribution in [0.5, 0.6) is 0 Å². The Balaban J connectivity index is 2.32. The van der Waals surface area contributed by atoms with Crippen LogP contribution < -0.4 is 21.3 Å². The number of fused-ring (bicyclic) bond motifs is 1. The molecule has 114 valence electrons. The number of benzene rings is 1. The van der Waals surface area contributed by atoms with Crippen LogP contribution in [-0.2, 0) is 16.0 Å². The molecular formula is C15H22N4O2. The summed E-state index contributed by atoms with van der Waals surface area (Å²) in [4.78, 5) is 25.1. The van der Waals surface area contributed by atoms with Crippen molar-refractivity contribution in [3.8, 4) is 0 Å². The van der Waals surface area contributed by atoms with E-state index in [9.17, 15) is 9.59 Å². The Hall–Kier alpha value is -2.24. The van der Waals surface area contributed by atoms with Gasteiger partial charge in [0.2, 0.25) is 11.8 Å². The first-order chi connectivity index (χ1) is 10.0. The van der Waals surface area contributed by atoms with Gasteiger partial charge in [0.05, 0.1) is 17.9 Å². The Morgan fingerprint density at radius 3 is 2.86 bits per heavy atom. The summed E-state index contributed by atoms with van der Waals surface area (Å²) in [6, 6.07) is 3.77. The highest BCUT2D eigenvalue weighted by molar-refractivity contribution is 5.96. The Morgan fingerprint density at radius 1 is 1.43 bits per heavy atom. The third-order valence-corrected chi connectivity index (χ3v) is 3.60. The predicted molar refractivity (Wildman–Crippen MR) is 84.4 cm³/mol. The molecule has 1 aromatic rings. The highest BCUT2D eigenvalue weighted by Gasteiger charge is 2.19. The molecule has 1 aliphatic rings. The van der Waals surface area contributed by atoms with Crippen LogP contribution in [0.25, 0.3) is 0 Å². The molecule has 6 heteroatoms. The van der Waals surface area contributed by atoms with Gasteiger partial charge in [0.15, 0.2) is 0 Å². The number of anilines is 3. The van der Waals surface area contributed by atoms with Crippen LogP contribution in [0.2, 0.25) is 0 Å². The van der Waals surface area contributed by atoms with E-state index in [1.165, 1.54) is 0 Å². The van der Waals surface area contributed by atoms with Gasteiger partial charge in [-0.15, -0.1) is 0 Å². The number of rotatable bonds is 5. The molecule has 6 nitrogen and oxygen atoms in total. The number of amides is 2. The van der Waals surface area contributed by atoms with Crippen molar-refractivity contribution in [2.45, 2.75) is 26.2 Å². The van der Waals surface area contributed by atoms with Gasteiger partial charge >= 0.3 is 0 Å². The molecule has 0 spiro atoms. The smallest absolute Gasteiger partial charge is 0.239 e. The van der Waals surface area contributed by atoms with Crippen LogP contribution in [0.4, 0.5) is 17.1 Å². The second-order valence-electron chi connectivity index (χ2n) is 5.21. The molecule has 0 atom stereocenters. The maximum atomic E-state index is 11.7. The van der Waals surface area contributed by atoms with E-state index in [0.717, 1.165) is 29.9 Å². The number of nitrogens with one attached hydrogen (secondary N) is 2. The summed E-state index contributed by atoms with van der Waals surface area (Å²) >= 11 is 0.